The zero-order valence-corrected chi connectivity index (χ0v) is 23.6. The average Bonchev–Trinajstić information content (AvgIpc) is 3.45. The van der Waals surface area contributed by atoms with Crippen molar-refractivity contribution in [3.8, 4) is 17.2 Å². The molecular weight excluding hydrogens is 563 g/mol. The van der Waals surface area contributed by atoms with Gasteiger partial charge in [-0.25, -0.2) is 4.98 Å². The Balaban J connectivity index is 1.77. The van der Waals surface area contributed by atoms with Crippen molar-refractivity contribution in [2.75, 3.05) is 26.2 Å². The van der Waals surface area contributed by atoms with Crippen LogP contribution in [0, 0.1) is 6.92 Å². The first kappa shape index (κ1) is 26.8. The second kappa shape index (κ2) is 10.4. The largest absolute Gasteiger partial charge is 0.507 e. The van der Waals surface area contributed by atoms with Crippen molar-refractivity contribution in [2.45, 2.75) is 13.0 Å². The maximum absolute atomic E-state index is 13.6. The molecule has 11 heteroatoms. The molecule has 2 heterocycles. The Kier molecular flexibility index (Phi) is 7.15. The smallest absolute Gasteiger partial charge is 0.301 e. The Morgan fingerprint density at radius 1 is 1.00 bits per heavy atom. The summed E-state index contributed by atoms with van der Waals surface area (Å²) in [5.41, 5.74) is 2.03. The standard InChI is InChI=1S/C28H22Cl2N2O6S/c1-13-6-5-7-14(10-13)22-20(23(33)16-12-17(29)26(38-4)21(30)25(16)37-3)24(34)27(35)32(22)28-31-18-9-8-15(36-2)11-19(18)39-28/h5-12,22,33H,1-4H3/b23-20+. The van der Waals surface area contributed by atoms with Gasteiger partial charge in [0.1, 0.15) is 16.5 Å². The van der Waals surface area contributed by atoms with Crippen molar-refractivity contribution in [2.24, 2.45) is 0 Å². The number of aliphatic hydroxyl groups is 1. The maximum atomic E-state index is 13.6. The first-order valence-electron chi connectivity index (χ1n) is 11.6. The van der Waals surface area contributed by atoms with E-state index in [4.69, 9.17) is 37.4 Å². The van der Waals surface area contributed by atoms with Crippen molar-refractivity contribution >= 4 is 67.3 Å². The highest BCUT2D eigenvalue weighted by molar-refractivity contribution is 7.22. The fourth-order valence-electron chi connectivity index (χ4n) is 4.60. The molecule has 0 bridgehead atoms. The number of amides is 1. The Labute approximate surface area is 238 Å². The van der Waals surface area contributed by atoms with Gasteiger partial charge >= 0.3 is 5.91 Å². The monoisotopic (exact) mass is 584 g/mol. The number of aryl methyl sites for hydroxylation is 1. The summed E-state index contributed by atoms with van der Waals surface area (Å²) in [6.07, 6.45) is 0. The number of hydrogen-bond acceptors (Lipinski definition) is 8. The van der Waals surface area contributed by atoms with Crippen molar-refractivity contribution in [1.29, 1.82) is 0 Å². The van der Waals surface area contributed by atoms with Gasteiger partial charge in [-0.3, -0.25) is 14.5 Å². The molecule has 0 spiro atoms. The SMILES string of the molecule is COc1ccc2nc(N3C(=O)C(=O)/C(=C(/O)c4cc(Cl)c(OC)c(Cl)c4OC)C3c3cccc(C)c3)sc2c1. The predicted molar refractivity (Wildman–Crippen MR) is 152 cm³/mol. The Morgan fingerprint density at radius 3 is 2.41 bits per heavy atom. The highest BCUT2D eigenvalue weighted by Crippen LogP contribution is 2.49. The lowest BCUT2D eigenvalue weighted by molar-refractivity contribution is -0.132. The molecule has 0 radical (unpaired) electrons. The minimum Gasteiger partial charge on any atom is -0.507 e. The quantitative estimate of drug-likeness (QED) is 0.155. The number of fused-ring (bicyclic) bond motifs is 1. The zero-order valence-electron chi connectivity index (χ0n) is 21.2. The van der Waals surface area contributed by atoms with Crippen LogP contribution in [0.4, 0.5) is 5.13 Å². The van der Waals surface area contributed by atoms with Gasteiger partial charge in [0.25, 0.3) is 5.78 Å². The van der Waals surface area contributed by atoms with Crippen LogP contribution in [0.2, 0.25) is 10.0 Å². The number of carbonyl (C=O) groups is 2. The predicted octanol–water partition coefficient (Wildman–Crippen LogP) is 6.56. The molecule has 1 aliphatic rings. The van der Waals surface area contributed by atoms with Crippen LogP contribution in [0.1, 0.15) is 22.7 Å². The second-order valence-corrected chi connectivity index (χ2v) is 10.5. The zero-order chi connectivity index (χ0) is 28.0. The number of halogens is 2. The molecule has 1 N–H and O–H groups in total. The molecule has 1 aliphatic heterocycles. The minimum absolute atomic E-state index is 0.00973. The number of aliphatic hydroxyl groups excluding tert-OH is 1. The van der Waals surface area contributed by atoms with E-state index in [2.05, 4.69) is 4.98 Å². The third-order valence-corrected chi connectivity index (χ3v) is 8.03. The van der Waals surface area contributed by atoms with Gasteiger partial charge in [-0.05, 0) is 36.8 Å². The van der Waals surface area contributed by atoms with E-state index in [0.717, 1.165) is 10.3 Å². The third kappa shape index (κ3) is 4.46. The summed E-state index contributed by atoms with van der Waals surface area (Å²) in [5.74, 6) is -1.40. The molecule has 0 aliphatic carbocycles. The van der Waals surface area contributed by atoms with Gasteiger partial charge in [-0.15, -0.1) is 0 Å². The van der Waals surface area contributed by atoms with Gasteiger partial charge in [-0.1, -0.05) is 64.4 Å². The minimum atomic E-state index is -0.989. The summed E-state index contributed by atoms with van der Waals surface area (Å²) in [4.78, 5) is 33.1. The molecule has 3 aromatic carbocycles. The van der Waals surface area contributed by atoms with Gasteiger partial charge in [-0.2, -0.15) is 0 Å². The summed E-state index contributed by atoms with van der Waals surface area (Å²) in [5, 5.41) is 12.0. The molecule has 1 amide bonds. The van der Waals surface area contributed by atoms with E-state index in [0.29, 0.717) is 22.0 Å². The number of ether oxygens (including phenoxy) is 3. The molecule has 8 nitrogen and oxygen atoms in total. The lowest BCUT2D eigenvalue weighted by atomic mass is 9.94. The van der Waals surface area contributed by atoms with Crippen LogP contribution in [0.3, 0.4) is 0 Å². The number of anilines is 1. The molecule has 1 fully saturated rings. The number of nitrogens with zero attached hydrogens (tertiary/aromatic N) is 2. The number of rotatable bonds is 6. The molecule has 39 heavy (non-hydrogen) atoms. The van der Waals surface area contributed by atoms with Crippen LogP contribution in [0.5, 0.6) is 17.2 Å². The fraction of sp³-hybridized carbons (Fsp3) is 0.179. The normalized spacial score (nSPS) is 16.7. The van der Waals surface area contributed by atoms with Crippen LogP contribution >= 0.6 is 34.5 Å². The van der Waals surface area contributed by atoms with Gasteiger partial charge in [0.15, 0.2) is 16.6 Å². The van der Waals surface area contributed by atoms with Crippen LogP contribution in [-0.2, 0) is 9.59 Å². The number of Topliss-reactive ketones (excluding diaryl/α,β-unsaturated/α-hetero) is 1. The number of aromatic nitrogens is 1. The summed E-state index contributed by atoms with van der Waals surface area (Å²) in [7, 11) is 4.31. The number of thiazole rings is 1. The number of methoxy groups -OCH3 is 3. The van der Waals surface area contributed by atoms with Crippen LogP contribution in [0.15, 0.2) is 54.1 Å². The summed E-state index contributed by atoms with van der Waals surface area (Å²) in [6.45, 7) is 1.89. The highest BCUT2D eigenvalue weighted by Gasteiger charge is 2.48. The van der Waals surface area contributed by atoms with Gasteiger partial charge in [0, 0.05) is 0 Å². The van der Waals surface area contributed by atoms with E-state index in [-0.39, 0.29) is 32.7 Å². The maximum Gasteiger partial charge on any atom is 0.301 e. The summed E-state index contributed by atoms with van der Waals surface area (Å²) in [6, 6.07) is 13.1. The van der Waals surface area contributed by atoms with E-state index >= 15 is 0 Å². The average molecular weight is 585 g/mol. The number of carbonyl (C=O) groups excluding carboxylic acids is 2. The third-order valence-electron chi connectivity index (χ3n) is 6.39. The van der Waals surface area contributed by atoms with E-state index in [1.807, 2.05) is 25.1 Å². The highest BCUT2D eigenvalue weighted by atomic mass is 35.5. The molecule has 200 valence electrons. The van der Waals surface area contributed by atoms with Crippen molar-refractivity contribution in [1.82, 2.24) is 4.98 Å². The molecule has 1 aromatic heterocycles. The molecule has 5 rings (SSSR count). The number of hydrogen-bond donors (Lipinski definition) is 1. The van der Waals surface area contributed by atoms with E-state index in [1.165, 1.54) is 36.5 Å². The first-order chi connectivity index (χ1) is 18.7. The molecule has 1 saturated heterocycles. The Hall–Kier alpha value is -3.79. The molecule has 1 unspecified atom stereocenters. The van der Waals surface area contributed by atoms with Crippen LogP contribution < -0.4 is 19.1 Å². The van der Waals surface area contributed by atoms with Crippen LogP contribution in [0.25, 0.3) is 16.0 Å². The Morgan fingerprint density at radius 2 is 1.74 bits per heavy atom. The summed E-state index contributed by atoms with van der Waals surface area (Å²) >= 11 is 14.1. The van der Waals surface area contributed by atoms with Crippen molar-refractivity contribution in [3.05, 3.63) is 80.8 Å². The van der Waals surface area contributed by atoms with Crippen LogP contribution in [-0.4, -0.2) is 43.1 Å². The molecule has 4 aromatic rings. The fourth-order valence-corrected chi connectivity index (χ4v) is 6.31. The van der Waals surface area contributed by atoms with Crippen molar-refractivity contribution < 1.29 is 28.9 Å². The van der Waals surface area contributed by atoms with Gasteiger partial charge < -0.3 is 19.3 Å². The number of benzene rings is 3. The topological polar surface area (TPSA) is 98.2 Å². The molecule has 1 atom stereocenters. The summed E-state index contributed by atoms with van der Waals surface area (Å²) < 4.78 is 16.8. The van der Waals surface area contributed by atoms with E-state index in [1.54, 1.807) is 31.4 Å². The van der Waals surface area contributed by atoms with E-state index in [9.17, 15) is 14.7 Å². The van der Waals surface area contributed by atoms with Gasteiger partial charge in [0.05, 0.1) is 53.7 Å². The second-order valence-electron chi connectivity index (χ2n) is 8.70. The Bertz CT molecular complexity index is 1680. The van der Waals surface area contributed by atoms with Gasteiger partial charge in [0.2, 0.25) is 0 Å². The lowest BCUT2D eigenvalue weighted by Gasteiger charge is -2.23. The lowest BCUT2D eigenvalue weighted by Crippen LogP contribution is -2.29. The van der Waals surface area contributed by atoms with E-state index < -0.39 is 23.5 Å². The number of ketones is 1. The molecule has 0 saturated carbocycles. The first-order valence-corrected chi connectivity index (χ1v) is 13.2. The van der Waals surface area contributed by atoms with Crippen molar-refractivity contribution in [3.63, 3.8) is 0 Å². The molecular formula is C28H22Cl2N2O6S.